The van der Waals surface area contributed by atoms with Crippen molar-refractivity contribution in [2.24, 2.45) is 23.7 Å². The Hall–Kier alpha value is -2.50. The minimum Gasteiger partial charge on any atom is -0.550 e. The van der Waals surface area contributed by atoms with Crippen molar-refractivity contribution in [3.63, 3.8) is 0 Å². The Kier molecular flexibility index (Phi) is 3.25. The lowest BCUT2D eigenvalue weighted by Crippen LogP contribution is -2.44. The summed E-state index contributed by atoms with van der Waals surface area (Å²) in [4.78, 5) is 23.8. The Morgan fingerprint density at radius 3 is 2.65 bits per heavy atom. The molecule has 0 saturated heterocycles. The first-order valence-corrected chi connectivity index (χ1v) is 7.69. The summed E-state index contributed by atoms with van der Waals surface area (Å²) in [5.41, 5.74) is 0.881. The minimum absolute atomic E-state index is 0.000320. The van der Waals surface area contributed by atoms with Gasteiger partial charge in [0, 0.05) is 18.4 Å². The molecule has 6 nitrogen and oxygen atoms in total. The van der Waals surface area contributed by atoms with E-state index in [1.54, 1.807) is 6.07 Å². The highest BCUT2D eigenvalue weighted by Crippen LogP contribution is 2.47. The van der Waals surface area contributed by atoms with Crippen LogP contribution in [0.4, 0.5) is 0 Å². The lowest BCUT2D eigenvalue weighted by atomic mass is 9.82. The zero-order valence-electron chi connectivity index (χ0n) is 12.4. The average molecular weight is 314 g/mol. The van der Waals surface area contributed by atoms with Gasteiger partial charge in [-0.05, 0) is 36.0 Å². The van der Waals surface area contributed by atoms with E-state index in [0.717, 1.165) is 12.0 Å². The van der Waals surface area contributed by atoms with Crippen LogP contribution in [0.2, 0.25) is 0 Å². The summed E-state index contributed by atoms with van der Waals surface area (Å²) in [5, 5.41) is 14.2. The topological polar surface area (TPSA) is 87.7 Å². The molecule has 0 spiro atoms. The Bertz CT molecular complexity index is 698. The standard InChI is InChI=1S/C17H17NO5/c19-16(14-10-2-3-11(6-10)15(14)17(20)21)18-7-9-1-4-12-13(5-9)23-8-22-12/h1-5,10-11,14-15H,6-8H2,(H,18,19)(H,20,21)/p-1/t10-,11+,14+,15+/m1/s1. The molecule has 4 rings (SSSR count). The second-order valence-electron chi connectivity index (χ2n) is 6.22. The van der Waals surface area contributed by atoms with Gasteiger partial charge in [-0.2, -0.15) is 0 Å². The first-order valence-electron chi connectivity index (χ1n) is 7.69. The summed E-state index contributed by atoms with van der Waals surface area (Å²) in [6, 6.07) is 5.47. The van der Waals surface area contributed by atoms with Crippen molar-refractivity contribution >= 4 is 11.9 Å². The molecule has 0 unspecified atom stereocenters. The maximum Gasteiger partial charge on any atom is 0.231 e. The van der Waals surface area contributed by atoms with Gasteiger partial charge in [0.25, 0.3) is 0 Å². The van der Waals surface area contributed by atoms with Gasteiger partial charge in [0.1, 0.15) is 0 Å². The van der Waals surface area contributed by atoms with Crippen LogP contribution < -0.4 is 19.9 Å². The largest absolute Gasteiger partial charge is 0.550 e. The molecule has 2 aliphatic carbocycles. The van der Waals surface area contributed by atoms with Crippen LogP contribution in [0.15, 0.2) is 30.4 Å². The molecular weight excluding hydrogens is 298 g/mol. The van der Waals surface area contributed by atoms with E-state index in [9.17, 15) is 14.7 Å². The quantitative estimate of drug-likeness (QED) is 0.803. The highest BCUT2D eigenvalue weighted by atomic mass is 16.7. The molecular formula is C17H16NO5-. The molecule has 1 aliphatic heterocycles. The van der Waals surface area contributed by atoms with Crippen LogP contribution in [0.1, 0.15) is 12.0 Å². The van der Waals surface area contributed by atoms with Crippen LogP contribution in [0.25, 0.3) is 0 Å². The molecule has 1 amide bonds. The first kappa shape index (κ1) is 14.1. The van der Waals surface area contributed by atoms with Crippen LogP contribution in [0.3, 0.4) is 0 Å². The first-order chi connectivity index (χ1) is 11.1. The third-order valence-electron chi connectivity index (χ3n) is 4.94. The fraction of sp³-hybridized carbons (Fsp3) is 0.412. The number of hydrogen-bond acceptors (Lipinski definition) is 5. The monoisotopic (exact) mass is 314 g/mol. The zero-order valence-corrected chi connectivity index (χ0v) is 12.4. The lowest BCUT2D eigenvalue weighted by molar-refractivity contribution is -0.313. The number of hydrogen-bond donors (Lipinski definition) is 1. The predicted molar refractivity (Wildman–Crippen MR) is 77.1 cm³/mol. The summed E-state index contributed by atoms with van der Waals surface area (Å²) in [6.07, 6.45) is 4.57. The van der Waals surface area contributed by atoms with E-state index >= 15 is 0 Å². The third kappa shape index (κ3) is 2.34. The minimum atomic E-state index is -1.13. The summed E-state index contributed by atoms with van der Waals surface area (Å²) >= 11 is 0. The summed E-state index contributed by atoms with van der Waals surface area (Å²) in [6.45, 7) is 0.531. The van der Waals surface area contributed by atoms with Crippen LogP contribution >= 0.6 is 0 Å². The van der Waals surface area contributed by atoms with Crippen molar-refractivity contribution in [3.05, 3.63) is 35.9 Å². The summed E-state index contributed by atoms with van der Waals surface area (Å²) < 4.78 is 10.5. The fourth-order valence-electron chi connectivity index (χ4n) is 3.86. The molecule has 0 aromatic heterocycles. The maximum absolute atomic E-state index is 12.5. The summed E-state index contributed by atoms with van der Waals surface area (Å²) in [5.74, 6) is -1.35. The zero-order chi connectivity index (χ0) is 16.0. The van der Waals surface area contributed by atoms with Crippen LogP contribution in [-0.4, -0.2) is 18.7 Å². The van der Waals surface area contributed by atoms with E-state index in [4.69, 9.17) is 9.47 Å². The number of rotatable bonds is 4. The lowest BCUT2D eigenvalue weighted by Gasteiger charge is -2.27. The van der Waals surface area contributed by atoms with Crippen molar-refractivity contribution in [2.75, 3.05) is 6.79 Å². The van der Waals surface area contributed by atoms with Crippen LogP contribution in [0, 0.1) is 23.7 Å². The van der Waals surface area contributed by atoms with Gasteiger partial charge in [-0.3, -0.25) is 4.79 Å². The van der Waals surface area contributed by atoms with Gasteiger partial charge in [-0.25, -0.2) is 0 Å². The number of ether oxygens (including phenoxy) is 2. The van der Waals surface area contributed by atoms with Crippen molar-refractivity contribution in [1.82, 2.24) is 5.32 Å². The second kappa shape index (κ2) is 5.30. The Labute approximate surface area is 133 Å². The molecule has 23 heavy (non-hydrogen) atoms. The Morgan fingerprint density at radius 2 is 1.87 bits per heavy atom. The van der Waals surface area contributed by atoms with E-state index in [2.05, 4.69) is 5.32 Å². The highest BCUT2D eigenvalue weighted by Gasteiger charge is 2.48. The number of carbonyl (C=O) groups is 2. The number of carboxylic acid groups (broad SMARTS) is 1. The van der Waals surface area contributed by atoms with Gasteiger partial charge >= 0.3 is 0 Å². The predicted octanol–water partition coefficient (Wildman–Crippen LogP) is 0.220. The molecule has 0 radical (unpaired) electrons. The van der Waals surface area contributed by atoms with Crippen molar-refractivity contribution in [3.8, 4) is 11.5 Å². The maximum atomic E-state index is 12.5. The van der Waals surface area contributed by atoms with Gasteiger partial charge in [-0.1, -0.05) is 18.2 Å². The van der Waals surface area contributed by atoms with E-state index in [-0.39, 0.29) is 24.5 Å². The van der Waals surface area contributed by atoms with Crippen molar-refractivity contribution in [1.29, 1.82) is 0 Å². The molecule has 1 aromatic rings. The molecule has 3 aliphatic rings. The van der Waals surface area contributed by atoms with Gasteiger partial charge in [0.2, 0.25) is 12.7 Å². The number of nitrogens with one attached hydrogen (secondary N) is 1. The van der Waals surface area contributed by atoms with E-state index in [1.165, 1.54) is 0 Å². The molecule has 120 valence electrons. The van der Waals surface area contributed by atoms with Gasteiger partial charge < -0.3 is 24.7 Å². The normalized spacial score (nSPS) is 29.7. The van der Waals surface area contributed by atoms with Crippen LogP contribution in [0.5, 0.6) is 11.5 Å². The van der Waals surface area contributed by atoms with Crippen molar-refractivity contribution in [2.45, 2.75) is 13.0 Å². The number of benzene rings is 1. The third-order valence-corrected chi connectivity index (χ3v) is 4.94. The number of carboxylic acids is 1. The van der Waals surface area contributed by atoms with Crippen LogP contribution in [-0.2, 0) is 16.1 Å². The van der Waals surface area contributed by atoms with E-state index in [0.29, 0.717) is 18.0 Å². The Balaban J connectivity index is 1.44. The molecule has 1 fully saturated rings. The fourth-order valence-corrected chi connectivity index (χ4v) is 3.86. The number of allylic oxidation sites excluding steroid dienone is 2. The molecule has 1 heterocycles. The number of carbonyl (C=O) groups excluding carboxylic acids is 2. The van der Waals surface area contributed by atoms with Gasteiger partial charge in [0.05, 0.1) is 5.92 Å². The molecule has 6 heteroatoms. The van der Waals surface area contributed by atoms with Gasteiger partial charge in [-0.15, -0.1) is 0 Å². The van der Waals surface area contributed by atoms with Crippen molar-refractivity contribution < 1.29 is 24.2 Å². The van der Waals surface area contributed by atoms with E-state index < -0.39 is 17.8 Å². The molecule has 2 bridgehead atoms. The second-order valence-corrected chi connectivity index (χ2v) is 6.22. The number of aliphatic carboxylic acids is 1. The molecule has 4 atom stereocenters. The van der Waals surface area contributed by atoms with E-state index in [1.807, 2.05) is 24.3 Å². The molecule has 1 N–H and O–H groups in total. The number of amides is 1. The molecule has 1 aromatic carbocycles. The molecule has 1 saturated carbocycles. The average Bonchev–Trinajstić information content (AvgIpc) is 3.25. The Morgan fingerprint density at radius 1 is 1.13 bits per heavy atom. The van der Waals surface area contributed by atoms with Gasteiger partial charge in [0.15, 0.2) is 11.5 Å². The smallest absolute Gasteiger partial charge is 0.231 e. The highest BCUT2D eigenvalue weighted by molar-refractivity contribution is 5.86. The summed E-state index contributed by atoms with van der Waals surface area (Å²) in [7, 11) is 0. The number of fused-ring (bicyclic) bond motifs is 3. The SMILES string of the molecule is O=C(NCc1ccc2c(c1)OCO2)[C@@H]1[C@@H](C(=O)[O-])[C@H]2C=C[C@@H]1C2.